The van der Waals surface area contributed by atoms with Crippen LogP contribution in [0.25, 0.3) is 16.9 Å². The van der Waals surface area contributed by atoms with Gasteiger partial charge in [0.1, 0.15) is 0 Å². The first kappa shape index (κ1) is 11.5. The third kappa shape index (κ3) is 2.10. The van der Waals surface area contributed by atoms with E-state index < -0.39 is 0 Å². The number of rotatable bonds is 2. The molecule has 0 amide bonds. The van der Waals surface area contributed by atoms with Crippen LogP contribution in [-0.2, 0) is 0 Å². The Bertz CT molecular complexity index is 754. The second-order valence-corrected chi connectivity index (χ2v) is 4.49. The average Bonchev–Trinajstić information content (AvgIpc) is 2.82. The highest BCUT2D eigenvalue weighted by atomic mass is 16.1. The number of nitrogens with one attached hydrogen (secondary N) is 1. The van der Waals surface area contributed by atoms with Gasteiger partial charge in [-0.25, -0.2) is 0 Å². The van der Waals surface area contributed by atoms with E-state index in [1.165, 1.54) is 0 Å². The SMILES string of the molecule is Cc1ccccc1-c1cc(=O)[nH]n1-c1ccccc1. The molecule has 0 aliphatic rings. The molecule has 0 spiro atoms. The van der Waals surface area contributed by atoms with Gasteiger partial charge in [0.05, 0.1) is 11.4 Å². The smallest absolute Gasteiger partial charge is 0.265 e. The van der Waals surface area contributed by atoms with E-state index in [9.17, 15) is 4.79 Å². The van der Waals surface area contributed by atoms with Crippen LogP contribution in [0.4, 0.5) is 0 Å². The van der Waals surface area contributed by atoms with Crippen LogP contribution in [0, 0.1) is 6.92 Å². The zero-order valence-corrected chi connectivity index (χ0v) is 10.6. The van der Waals surface area contributed by atoms with E-state index in [1.54, 1.807) is 6.07 Å². The molecule has 0 fully saturated rings. The summed E-state index contributed by atoms with van der Waals surface area (Å²) in [5.74, 6) is 0. The molecule has 3 heteroatoms. The van der Waals surface area contributed by atoms with E-state index in [0.717, 1.165) is 22.5 Å². The highest BCUT2D eigenvalue weighted by Gasteiger charge is 2.10. The summed E-state index contributed by atoms with van der Waals surface area (Å²) in [5.41, 5.74) is 3.94. The molecule has 1 aromatic heterocycles. The van der Waals surface area contributed by atoms with Gasteiger partial charge in [-0.1, -0.05) is 42.5 Å². The quantitative estimate of drug-likeness (QED) is 0.745. The van der Waals surface area contributed by atoms with Crippen molar-refractivity contribution in [3.63, 3.8) is 0 Å². The maximum Gasteiger partial charge on any atom is 0.265 e. The van der Waals surface area contributed by atoms with E-state index in [1.807, 2.05) is 66.2 Å². The second-order valence-electron chi connectivity index (χ2n) is 4.49. The van der Waals surface area contributed by atoms with E-state index in [4.69, 9.17) is 0 Å². The number of aromatic amines is 1. The lowest BCUT2D eigenvalue weighted by Crippen LogP contribution is -2.04. The molecule has 0 aliphatic heterocycles. The average molecular weight is 250 g/mol. The molecule has 3 rings (SSSR count). The number of hydrogen-bond donors (Lipinski definition) is 1. The Balaban J connectivity index is 2.24. The van der Waals surface area contributed by atoms with Crippen molar-refractivity contribution in [1.29, 1.82) is 0 Å². The molecule has 3 aromatic rings. The number of aromatic nitrogens is 2. The highest BCUT2D eigenvalue weighted by molar-refractivity contribution is 5.65. The van der Waals surface area contributed by atoms with Crippen LogP contribution in [0.2, 0.25) is 0 Å². The van der Waals surface area contributed by atoms with Gasteiger partial charge in [0.2, 0.25) is 0 Å². The Kier molecular flexibility index (Phi) is 2.80. The van der Waals surface area contributed by atoms with Gasteiger partial charge < -0.3 is 0 Å². The molecule has 0 aliphatic carbocycles. The normalized spacial score (nSPS) is 10.6. The van der Waals surface area contributed by atoms with E-state index in [2.05, 4.69) is 5.10 Å². The van der Waals surface area contributed by atoms with Crippen LogP contribution in [0.1, 0.15) is 5.56 Å². The lowest BCUT2D eigenvalue weighted by Gasteiger charge is -2.10. The van der Waals surface area contributed by atoms with Crippen molar-refractivity contribution in [3.8, 4) is 16.9 Å². The third-order valence-corrected chi connectivity index (χ3v) is 3.17. The summed E-state index contributed by atoms with van der Waals surface area (Å²) in [4.78, 5) is 11.7. The fraction of sp³-hybridized carbons (Fsp3) is 0.0625. The monoisotopic (exact) mass is 250 g/mol. The Morgan fingerprint density at radius 3 is 2.37 bits per heavy atom. The van der Waals surface area contributed by atoms with Crippen LogP contribution < -0.4 is 5.56 Å². The first-order valence-electron chi connectivity index (χ1n) is 6.19. The topological polar surface area (TPSA) is 37.8 Å². The fourth-order valence-electron chi connectivity index (χ4n) is 2.23. The third-order valence-electron chi connectivity index (χ3n) is 3.17. The zero-order chi connectivity index (χ0) is 13.2. The number of H-pyrrole nitrogens is 1. The molecule has 0 saturated heterocycles. The largest absolute Gasteiger partial charge is 0.268 e. The standard InChI is InChI=1S/C16H14N2O/c1-12-7-5-6-10-14(12)15-11-16(19)17-18(15)13-8-3-2-4-9-13/h2-11H,1H3,(H,17,19). The molecule has 3 nitrogen and oxygen atoms in total. The summed E-state index contributed by atoms with van der Waals surface area (Å²) >= 11 is 0. The molecule has 2 aromatic carbocycles. The predicted octanol–water partition coefficient (Wildman–Crippen LogP) is 3.14. The van der Waals surface area contributed by atoms with Crippen molar-refractivity contribution in [2.75, 3.05) is 0 Å². The van der Waals surface area contributed by atoms with Crippen molar-refractivity contribution in [2.45, 2.75) is 6.92 Å². The van der Waals surface area contributed by atoms with E-state index >= 15 is 0 Å². The molecule has 0 saturated carbocycles. The van der Waals surface area contributed by atoms with Gasteiger partial charge in [0, 0.05) is 11.6 Å². The van der Waals surface area contributed by atoms with Gasteiger partial charge >= 0.3 is 0 Å². The number of para-hydroxylation sites is 1. The van der Waals surface area contributed by atoms with E-state index in [0.29, 0.717) is 0 Å². The maximum atomic E-state index is 11.7. The van der Waals surface area contributed by atoms with Crippen LogP contribution in [0.3, 0.4) is 0 Å². The molecule has 0 bridgehead atoms. The summed E-state index contributed by atoms with van der Waals surface area (Å²) < 4.78 is 1.82. The lowest BCUT2D eigenvalue weighted by molar-refractivity contribution is 0.870. The number of benzene rings is 2. The Morgan fingerprint density at radius 2 is 1.63 bits per heavy atom. The van der Waals surface area contributed by atoms with E-state index in [-0.39, 0.29) is 5.56 Å². The summed E-state index contributed by atoms with van der Waals surface area (Å²) in [6.45, 7) is 2.04. The number of hydrogen-bond acceptors (Lipinski definition) is 1. The Labute approximate surface area is 111 Å². The Morgan fingerprint density at radius 1 is 0.947 bits per heavy atom. The number of aryl methyl sites for hydroxylation is 1. The highest BCUT2D eigenvalue weighted by Crippen LogP contribution is 2.23. The van der Waals surface area contributed by atoms with Crippen molar-refractivity contribution < 1.29 is 0 Å². The molecule has 1 heterocycles. The first-order valence-corrected chi connectivity index (χ1v) is 6.19. The van der Waals surface area contributed by atoms with Gasteiger partial charge in [0.25, 0.3) is 5.56 Å². The van der Waals surface area contributed by atoms with Gasteiger partial charge in [-0.05, 0) is 24.6 Å². The maximum absolute atomic E-state index is 11.7. The van der Waals surface area contributed by atoms with Crippen molar-refractivity contribution in [3.05, 3.63) is 76.6 Å². The molecule has 19 heavy (non-hydrogen) atoms. The molecule has 94 valence electrons. The van der Waals surface area contributed by atoms with Crippen molar-refractivity contribution in [1.82, 2.24) is 9.78 Å². The molecular formula is C16H14N2O. The van der Waals surface area contributed by atoms with Crippen molar-refractivity contribution in [2.24, 2.45) is 0 Å². The summed E-state index contributed by atoms with van der Waals surface area (Å²) in [7, 11) is 0. The lowest BCUT2D eigenvalue weighted by atomic mass is 10.1. The Hall–Kier alpha value is -2.55. The predicted molar refractivity (Wildman–Crippen MR) is 76.6 cm³/mol. The molecule has 0 atom stereocenters. The van der Waals surface area contributed by atoms with Crippen molar-refractivity contribution >= 4 is 0 Å². The molecule has 0 radical (unpaired) electrons. The minimum Gasteiger partial charge on any atom is -0.268 e. The van der Waals surface area contributed by atoms with Crippen LogP contribution in [0.15, 0.2) is 65.5 Å². The molecule has 1 N–H and O–H groups in total. The summed E-state index contributed by atoms with van der Waals surface area (Å²) in [6, 6.07) is 19.5. The van der Waals surface area contributed by atoms with Gasteiger partial charge in [0.15, 0.2) is 0 Å². The van der Waals surface area contributed by atoms with Crippen LogP contribution >= 0.6 is 0 Å². The zero-order valence-electron chi connectivity index (χ0n) is 10.6. The van der Waals surface area contributed by atoms with Crippen LogP contribution in [0.5, 0.6) is 0 Å². The fourth-order valence-corrected chi connectivity index (χ4v) is 2.23. The number of nitrogens with zero attached hydrogens (tertiary/aromatic N) is 1. The van der Waals surface area contributed by atoms with Gasteiger partial charge in [-0.15, -0.1) is 0 Å². The minimum atomic E-state index is -0.0953. The first-order chi connectivity index (χ1) is 9.25. The summed E-state index contributed by atoms with van der Waals surface area (Å²) in [5, 5.41) is 2.85. The van der Waals surface area contributed by atoms with Crippen LogP contribution in [-0.4, -0.2) is 9.78 Å². The molecular weight excluding hydrogens is 236 g/mol. The minimum absolute atomic E-state index is 0.0953. The van der Waals surface area contributed by atoms with Gasteiger partial charge in [-0.3, -0.25) is 14.6 Å². The van der Waals surface area contributed by atoms with Gasteiger partial charge in [-0.2, -0.15) is 0 Å². The molecule has 0 unspecified atom stereocenters. The summed E-state index contributed by atoms with van der Waals surface area (Å²) in [6.07, 6.45) is 0. The second kappa shape index (κ2) is 4.61.